The highest BCUT2D eigenvalue weighted by atomic mass is 19.1. The lowest BCUT2D eigenvalue weighted by molar-refractivity contribution is 0.222. The number of urea groups is 1. The van der Waals surface area contributed by atoms with Gasteiger partial charge in [-0.2, -0.15) is 0 Å². The van der Waals surface area contributed by atoms with Crippen LogP contribution in [0.25, 0.3) is 0 Å². The number of rotatable bonds is 1. The number of nitrogens with one attached hydrogen (secondary N) is 1. The van der Waals surface area contributed by atoms with Crippen molar-refractivity contribution in [2.75, 3.05) is 11.9 Å². The van der Waals surface area contributed by atoms with Crippen LogP contribution in [-0.4, -0.2) is 17.5 Å². The van der Waals surface area contributed by atoms with Gasteiger partial charge >= 0.3 is 6.03 Å². The van der Waals surface area contributed by atoms with Crippen molar-refractivity contribution >= 4 is 11.7 Å². The zero-order valence-corrected chi connectivity index (χ0v) is 11.0. The average Bonchev–Trinajstić information content (AvgIpc) is 2.64. The summed E-state index contributed by atoms with van der Waals surface area (Å²) in [7, 11) is 0. The second kappa shape index (κ2) is 4.59. The topological polar surface area (TPSA) is 32.3 Å². The number of carbonyl (C=O) groups excluding carboxylic acids is 1. The highest BCUT2D eigenvalue weighted by molar-refractivity contribution is 5.90. The fourth-order valence-electron chi connectivity index (χ4n) is 2.02. The summed E-state index contributed by atoms with van der Waals surface area (Å²) in [5.41, 5.74) is 1.50. The van der Waals surface area contributed by atoms with Gasteiger partial charge in [-0.3, -0.25) is 0 Å². The highest BCUT2D eigenvalue weighted by Crippen LogP contribution is 2.32. The van der Waals surface area contributed by atoms with Crippen LogP contribution < -0.4 is 5.32 Å². The van der Waals surface area contributed by atoms with Crippen molar-refractivity contribution in [3.05, 3.63) is 36.1 Å². The molecule has 3 nitrogen and oxygen atoms in total. The molecule has 1 fully saturated rings. The van der Waals surface area contributed by atoms with Gasteiger partial charge in [-0.15, -0.1) is 0 Å². The molecule has 0 atom stereocenters. The first kappa shape index (κ1) is 12.9. The van der Waals surface area contributed by atoms with Gasteiger partial charge < -0.3 is 10.2 Å². The second-order valence-electron chi connectivity index (χ2n) is 5.57. The van der Waals surface area contributed by atoms with Gasteiger partial charge in [-0.25, -0.2) is 9.18 Å². The Morgan fingerprint density at radius 3 is 2.78 bits per heavy atom. The molecule has 97 valence electrons. The van der Waals surface area contributed by atoms with Gasteiger partial charge in [0.25, 0.3) is 0 Å². The predicted octanol–water partition coefficient (Wildman–Crippen LogP) is 3.56. The Labute approximate surface area is 107 Å². The summed E-state index contributed by atoms with van der Waals surface area (Å²) in [6.45, 7) is 8.65. The van der Waals surface area contributed by atoms with Crippen LogP contribution in [0.5, 0.6) is 0 Å². The number of nitrogens with zero attached hydrogens (tertiary/aromatic N) is 1. The van der Waals surface area contributed by atoms with E-state index in [0.717, 1.165) is 12.0 Å². The molecular formula is C14H18FN2O. The molecular weight excluding hydrogens is 231 g/mol. The third kappa shape index (κ3) is 2.81. The third-order valence-electron chi connectivity index (χ3n) is 3.16. The standard InChI is InChI=1S/C14H18FN2O/c1-10-4-5-11(15)8-12(10)16-13(18)17-7-6-14(2,3)9-17/h4-5,7-8H,6,9H2,1-3H3,(H,16,18). The summed E-state index contributed by atoms with van der Waals surface area (Å²) in [5.74, 6) is -0.346. The van der Waals surface area contributed by atoms with Crippen molar-refractivity contribution in [3.8, 4) is 0 Å². The number of hydrogen-bond donors (Lipinski definition) is 1. The van der Waals surface area contributed by atoms with E-state index in [2.05, 4.69) is 19.2 Å². The SMILES string of the molecule is Cc1ccc(F)cc1NC(=O)N1[CH]CC(C)(C)C1. The fraction of sp³-hybridized carbons (Fsp3) is 0.429. The molecule has 1 aromatic carbocycles. The maximum Gasteiger partial charge on any atom is 0.322 e. The third-order valence-corrected chi connectivity index (χ3v) is 3.16. The van der Waals surface area contributed by atoms with Crippen molar-refractivity contribution in [3.63, 3.8) is 0 Å². The minimum absolute atomic E-state index is 0.119. The number of carbonyl (C=O) groups is 1. The number of aryl methyl sites for hydroxylation is 1. The molecule has 1 saturated heterocycles. The molecule has 4 heteroatoms. The Hall–Kier alpha value is -1.58. The minimum Gasteiger partial charge on any atom is -0.319 e. The molecule has 1 N–H and O–H groups in total. The predicted molar refractivity (Wildman–Crippen MR) is 69.6 cm³/mol. The smallest absolute Gasteiger partial charge is 0.319 e. The van der Waals surface area contributed by atoms with Crippen molar-refractivity contribution in [1.82, 2.24) is 4.90 Å². The maximum absolute atomic E-state index is 13.1. The number of amides is 2. The van der Waals surface area contributed by atoms with Crippen molar-refractivity contribution in [2.45, 2.75) is 27.2 Å². The van der Waals surface area contributed by atoms with Gasteiger partial charge in [0.1, 0.15) is 5.82 Å². The summed E-state index contributed by atoms with van der Waals surface area (Å²) in [6.07, 6.45) is 0.878. The monoisotopic (exact) mass is 249 g/mol. The van der Waals surface area contributed by atoms with E-state index in [-0.39, 0.29) is 17.3 Å². The van der Waals surface area contributed by atoms with Crippen molar-refractivity contribution in [2.24, 2.45) is 5.41 Å². The number of halogens is 1. The first-order valence-corrected chi connectivity index (χ1v) is 6.04. The summed E-state index contributed by atoms with van der Waals surface area (Å²) >= 11 is 0. The average molecular weight is 249 g/mol. The van der Waals surface area contributed by atoms with E-state index in [0.29, 0.717) is 12.2 Å². The van der Waals surface area contributed by atoms with E-state index in [1.54, 1.807) is 11.0 Å². The van der Waals surface area contributed by atoms with Crippen LogP contribution in [0.3, 0.4) is 0 Å². The minimum atomic E-state index is -0.346. The van der Waals surface area contributed by atoms with E-state index in [4.69, 9.17) is 0 Å². The number of hydrogen-bond acceptors (Lipinski definition) is 1. The van der Waals surface area contributed by atoms with Gasteiger partial charge in [-0.1, -0.05) is 19.9 Å². The van der Waals surface area contributed by atoms with Crippen LogP contribution in [0.4, 0.5) is 14.9 Å². The van der Waals surface area contributed by atoms with Gasteiger partial charge in [0, 0.05) is 12.2 Å². The van der Waals surface area contributed by atoms with E-state index >= 15 is 0 Å². The lowest BCUT2D eigenvalue weighted by Crippen LogP contribution is -2.32. The van der Waals surface area contributed by atoms with Gasteiger partial charge in [0.2, 0.25) is 0 Å². The van der Waals surface area contributed by atoms with Crippen LogP contribution in [-0.2, 0) is 0 Å². The van der Waals surface area contributed by atoms with Crippen LogP contribution in [0.2, 0.25) is 0 Å². The lowest BCUT2D eigenvalue weighted by Gasteiger charge is -2.20. The molecule has 1 heterocycles. The van der Waals surface area contributed by atoms with Gasteiger partial charge in [0.05, 0.1) is 6.54 Å². The molecule has 1 radical (unpaired) electrons. The summed E-state index contributed by atoms with van der Waals surface area (Å²) < 4.78 is 13.1. The summed E-state index contributed by atoms with van der Waals surface area (Å²) in [6, 6.07) is 4.18. The Kier molecular flexibility index (Phi) is 3.28. The van der Waals surface area contributed by atoms with E-state index in [1.807, 2.05) is 13.5 Å². The summed E-state index contributed by atoms with van der Waals surface area (Å²) in [4.78, 5) is 13.7. The molecule has 0 saturated carbocycles. The molecule has 0 bridgehead atoms. The van der Waals surface area contributed by atoms with Crippen molar-refractivity contribution < 1.29 is 9.18 Å². The lowest BCUT2D eigenvalue weighted by atomic mass is 9.93. The van der Waals surface area contributed by atoms with Crippen LogP contribution >= 0.6 is 0 Å². The van der Waals surface area contributed by atoms with Crippen molar-refractivity contribution in [1.29, 1.82) is 0 Å². The molecule has 0 unspecified atom stereocenters. The number of likely N-dealkylation sites (tertiary alicyclic amines) is 1. The van der Waals surface area contributed by atoms with Crippen LogP contribution in [0.1, 0.15) is 25.8 Å². The Morgan fingerprint density at radius 2 is 2.17 bits per heavy atom. The van der Waals surface area contributed by atoms with Crippen LogP contribution in [0.15, 0.2) is 18.2 Å². The zero-order chi connectivity index (χ0) is 13.3. The molecule has 0 spiro atoms. The number of anilines is 1. The zero-order valence-electron chi connectivity index (χ0n) is 11.0. The normalized spacial score (nSPS) is 17.9. The van der Waals surface area contributed by atoms with E-state index < -0.39 is 0 Å². The molecule has 1 aliphatic rings. The molecule has 1 aliphatic heterocycles. The molecule has 2 amide bonds. The first-order chi connectivity index (χ1) is 8.37. The Bertz CT molecular complexity index is 471. The first-order valence-electron chi connectivity index (χ1n) is 6.04. The molecule has 2 rings (SSSR count). The Balaban J connectivity index is 2.06. The maximum atomic E-state index is 13.1. The van der Waals surface area contributed by atoms with E-state index in [9.17, 15) is 9.18 Å². The number of benzene rings is 1. The van der Waals surface area contributed by atoms with Gasteiger partial charge in [-0.05, 0) is 36.5 Å². The van der Waals surface area contributed by atoms with Gasteiger partial charge in [0.15, 0.2) is 0 Å². The molecule has 18 heavy (non-hydrogen) atoms. The Morgan fingerprint density at radius 1 is 1.44 bits per heavy atom. The second-order valence-corrected chi connectivity index (χ2v) is 5.57. The molecule has 1 aromatic rings. The molecule has 0 aromatic heterocycles. The largest absolute Gasteiger partial charge is 0.322 e. The van der Waals surface area contributed by atoms with E-state index in [1.165, 1.54) is 12.1 Å². The quantitative estimate of drug-likeness (QED) is 0.811. The summed E-state index contributed by atoms with van der Waals surface area (Å²) in [5, 5.41) is 2.75. The van der Waals surface area contributed by atoms with Crippen LogP contribution in [0, 0.1) is 24.7 Å². The fourth-order valence-corrected chi connectivity index (χ4v) is 2.02. The molecule has 0 aliphatic carbocycles. The highest BCUT2D eigenvalue weighted by Gasteiger charge is 2.32.